The Morgan fingerprint density at radius 1 is 1.24 bits per heavy atom. The third-order valence-corrected chi connectivity index (χ3v) is 7.31. The van der Waals surface area contributed by atoms with Gasteiger partial charge >= 0.3 is 0 Å². The average Bonchev–Trinajstić information content (AvgIpc) is 3.43. The smallest absolute Gasteiger partial charge is 0.256 e. The molecule has 2 saturated carbocycles. The van der Waals surface area contributed by atoms with Gasteiger partial charge in [-0.1, -0.05) is 0 Å². The van der Waals surface area contributed by atoms with Crippen molar-refractivity contribution in [3.8, 4) is 0 Å². The number of allylic oxidation sites excluding steroid dienone is 3. The number of nitrogens with one attached hydrogen (secondary N) is 2. The van der Waals surface area contributed by atoms with E-state index in [2.05, 4.69) is 20.5 Å². The molecule has 2 atom stereocenters. The Morgan fingerprint density at radius 3 is 2.70 bits per heavy atom. The van der Waals surface area contributed by atoms with Crippen LogP contribution in [0.3, 0.4) is 0 Å². The van der Waals surface area contributed by atoms with Gasteiger partial charge in [-0.05, 0) is 62.0 Å². The summed E-state index contributed by atoms with van der Waals surface area (Å²) in [6.07, 6.45) is 8.20. The van der Waals surface area contributed by atoms with E-state index in [0.29, 0.717) is 55.3 Å². The number of carbonyl (C=O) groups excluding carboxylic acids is 1. The van der Waals surface area contributed by atoms with Crippen LogP contribution in [-0.4, -0.2) is 59.9 Å². The maximum absolute atomic E-state index is 14.2. The van der Waals surface area contributed by atoms with Crippen LogP contribution in [0.1, 0.15) is 55.3 Å². The Hall–Kier alpha value is -2.68. The normalized spacial score (nSPS) is 28.8. The summed E-state index contributed by atoms with van der Waals surface area (Å²) < 4.78 is 19.2. The van der Waals surface area contributed by atoms with E-state index in [1.54, 1.807) is 6.20 Å². The van der Waals surface area contributed by atoms with E-state index in [0.717, 1.165) is 43.3 Å². The summed E-state index contributed by atoms with van der Waals surface area (Å²) in [7, 11) is 1.48. The van der Waals surface area contributed by atoms with E-state index in [1.807, 2.05) is 0 Å². The number of aromatic nitrogens is 2. The molecule has 4 aliphatic rings. The van der Waals surface area contributed by atoms with E-state index < -0.39 is 0 Å². The molecule has 3 N–H and O–H groups in total. The molecule has 33 heavy (non-hydrogen) atoms. The second kappa shape index (κ2) is 9.29. The lowest BCUT2D eigenvalue weighted by atomic mass is 9.93. The molecule has 0 aromatic carbocycles. The highest BCUT2D eigenvalue weighted by Gasteiger charge is 2.46. The summed E-state index contributed by atoms with van der Waals surface area (Å²) in [6, 6.07) is 0.0341. The lowest BCUT2D eigenvalue weighted by Gasteiger charge is -2.26. The number of methoxy groups -OCH3 is 1. The Labute approximate surface area is 193 Å². The molecule has 3 fully saturated rings. The molecule has 178 valence electrons. The van der Waals surface area contributed by atoms with Gasteiger partial charge in [0.2, 0.25) is 5.95 Å². The topological polar surface area (TPSA) is 99.6 Å². The molecule has 3 aliphatic carbocycles. The fraction of sp³-hybridized carbons (Fsp3) is 0.625. The van der Waals surface area contributed by atoms with Crippen molar-refractivity contribution in [3.63, 3.8) is 0 Å². The SMILES string of the molecule is COC1=C(F)C=C(CNc2nc(N3CC4CC4C3)ncc2C(=O)NC2CCC(O)CC2)CC1. The van der Waals surface area contributed by atoms with Crippen LogP contribution in [0.4, 0.5) is 16.2 Å². The monoisotopic (exact) mass is 457 g/mol. The lowest BCUT2D eigenvalue weighted by Crippen LogP contribution is -2.39. The van der Waals surface area contributed by atoms with Crippen molar-refractivity contribution < 1.29 is 19.0 Å². The molecule has 0 bridgehead atoms. The predicted octanol–water partition coefficient (Wildman–Crippen LogP) is 2.93. The van der Waals surface area contributed by atoms with E-state index in [9.17, 15) is 14.3 Å². The molecule has 1 amide bonds. The fourth-order valence-corrected chi connectivity index (χ4v) is 5.13. The van der Waals surface area contributed by atoms with Gasteiger partial charge in [0, 0.05) is 38.3 Å². The van der Waals surface area contributed by atoms with Crippen LogP contribution >= 0.6 is 0 Å². The van der Waals surface area contributed by atoms with Gasteiger partial charge in [0.1, 0.15) is 17.1 Å². The summed E-state index contributed by atoms with van der Waals surface area (Å²) >= 11 is 0. The molecule has 2 heterocycles. The van der Waals surface area contributed by atoms with E-state index >= 15 is 0 Å². The molecule has 1 aromatic rings. The van der Waals surface area contributed by atoms with Gasteiger partial charge in [-0.2, -0.15) is 4.98 Å². The number of amides is 1. The largest absolute Gasteiger partial charge is 0.498 e. The number of aliphatic hydroxyl groups is 1. The highest BCUT2D eigenvalue weighted by atomic mass is 19.1. The van der Waals surface area contributed by atoms with Gasteiger partial charge in [0.25, 0.3) is 5.91 Å². The number of hydrogen-bond donors (Lipinski definition) is 3. The van der Waals surface area contributed by atoms with Gasteiger partial charge in [-0.25, -0.2) is 9.37 Å². The van der Waals surface area contributed by atoms with Crippen LogP contribution in [0.2, 0.25) is 0 Å². The minimum absolute atomic E-state index is 0.0341. The minimum Gasteiger partial charge on any atom is -0.498 e. The first-order valence-corrected chi connectivity index (χ1v) is 12.0. The first kappa shape index (κ1) is 22.1. The highest BCUT2D eigenvalue weighted by Crippen LogP contribution is 2.45. The molecule has 1 aliphatic heterocycles. The molecule has 2 unspecified atom stereocenters. The molecule has 9 heteroatoms. The zero-order valence-corrected chi connectivity index (χ0v) is 19.0. The van der Waals surface area contributed by atoms with Crippen molar-refractivity contribution in [2.45, 2.75) is 57.1 Å². The zero-order chi connectivity index (χ0) is 22.9. The Bertz CT molecular complexity index is 963. The van der Waals surface area contributed by atoms with Crippen LogP contribution in [0, 0.1) is 11.8 Å². The highest BCUT2D eigenvalue weighted by molar-refractivity contribution is 5.98. The summed E-state index contributed by atoms with van der Waals surface area (Å²) in [6.45, 7) is 2.31. The lowest BCUT2D eigenvalue weighted by molar-refractivity contribution is 0.0867. The molecule has 8 nitrogen and oxygen atoms in total. The summed E-state index contributed by atoms with van der Waals surface area (Å²) in [5.74, 6) is 2.38. The molecular formula is C24H32FN5O3. The summed E-state index contributed by atoms with van der Waals surface area (Å²) in [4.78, 5) is 24.5. The van der Waals surface area contributed by atoms with Crippen molar-refractivity contribution in [2.24, 2.45) is 11.8 Å². The van der Waals surface area contributed by atoms with Crippen LogP contribution in [0.25, 0.3) is 0 Å². The van der Waals surface area contributed by atoms with Gasteiger partial charge in [0.15, 0.2) is 5.83 Å². The van der Waals surface area contributed by atoms with Gasteiger partial charge in [-0.15, -0.1) is 0 Å². The molecule has 0 radical (unpaired) electrons. The first-order chi connectivity index (χ1) is 16.0. The van der Waals surface area contributed by atoms with E-state index in [1.165, 1.54) is 19.6 Å². The summed E-state index contributed by atoms with van der Waals surface area (Å²) in [5.41, 5.74) is 1.28. The number of carbonyl (C=O) groups is 1. The van der Waals surface area contributed by atoms with Gasteiger partial charge in [0.05, 0.1) is 13.2 Å². The maximum atomic E-state index is 14.2. The predicted molar refractivity (Wildman–Crippen MR) is 123 cm³/mol. The van der Waals surface area contributed by atoms with Gasteiger partial charge < -0.3 is 25.4 Å². The number of rotatable bonds is 7. The van der Waals surface area contributed by atoms with Crippen molar-refractivity contribution in [2.75, 3.05) is 37.0 Å². The van der Waals surface area contributed by atoms with E-state index in [4.69, 9.17) is 9.72 Å². The molecule has 1 saturated heterocycles. The maximum Gasteiger partial charge on any atom is 0.256 e. The van der Waals surface area contributed by atoms with Crippen molar-refractivity contribution in [3.05, 3.63) is 35.0 Å². The van der Waals surface area contributed by atoms with Crippen LogP contribution < -0.4 is 15.5 Å². The number of piperidine rings is 1. The van der Waals surface area contributed by atoms with Crippen LogP contribution in [0.15, 0.2) is 29.4 Å². The molecule has 5 rings (SSSR count). The number of fused-ring (bicyclic) bond motifs is 1. The Kier molecular flexibility index (Phi) is 6.23. The standard InChI is InChI=1S/C24H32FN5O3/c1-33-21-7-2-14(8-20(21)25)10-26-22-19(23(32)28-17-3-5-18(31)6-4-17)11-27-24(29-22)30-12-15-9-16(15)13-30/h8,11,15-18,31H,2-7,9-10,12-13H2,1H3,(H,28,32)(H,26,27,29). The molecule has 1 aromatic heterocycles. The second-order valence-corrected chi connectivity index (χ2v) is 9.70. The first-order valence-electron chi connectivity index (χ1n) is 12.0. The second-order valence-electron chi connectivity index (χ2n) is 9.70. The Morgan fingerprint density at radius 2 is 2.00 bits per heavy atom. The van der Waals surface area contributed by atoms with Crippen molar-refractivity contribution >= 4 is 17.7 Å². The molecular weight excluding hydrogens is 425 g/mol. The third-order valence-electron chi connectivity index (χ3n) is 7.31. The minimum atomic E-state index is -0.349. The van der Waals surface area contributed by atoms with Crippen molar-refractivity contribution in [1.82, 2.24) is 15.3 Å². The Balaban J connectivity index is 1.32. The quantitative estimate of drug-likeness (QED) is 0.579. The molecule has 0 spiro atoms. The number of nitrogens with zero attached hydrogens (tertiary/aromatic N) is 3. The van der Waals surface area contributed by atoms with Crippen LogP contribution in [0.5, 0.6) is 0 Å². The van der Waals surface area contributed by atoms with Crippen molar-refractivity contribution in [1.29, 1.82) is 0 Å². The fourth-order valence-electron chi connectivity index (χ4n) is 5.13. The number of ether oxygens (including phenoxy) is 1. The van der Waals surface area contributed by atoms with E-state index in [-0.39, 0.29) is 23.9 Å². The third kappa shape index (κ3) is 4.98. The van der Waals surface area contributed by atoms with Gasteiger partial charge in [-0.3, -0.25) is 4.79 Å². The average molecular weight is 458 g/mol. The van der Waals surface area contributed by atoms with Crippen LogP contribution in [-0.2, 0) is 4.74 Å². The zero-order valence-electron chi connectivity index (χ0n) is 19.0. The number of aliphatic hydroxyl groups excluding tert-OH is 1. The summed E-state index contributed by atoms with van der Waals surface area (Å²) in [5, 5.41) is 16.1. The number of halogens is 1. The number of anilines is 2. The number of hydrogen-bond acceptors (Lipinski definition) is 7.